The lowest BCUT2D eigenvalue weighted by atomic mass is 10.1. The SMILES string of the molecule is CCOC(=O)c1c(NC(=O)CSc2ccc(F)cc2F)sc(C(N)=O)c1C. The Kier molecular flexibility index (Phi) is 6.92. The lowest BCUT2D eigenvalue weighted by Gasteiger charge is -2.07. The largest absolute Gasteiger partial charge is 0.462 e. The van der Waals surface area contributed by atoms with E-state index in [-0.39, 0.29) is 32.7 Å². The fourth-order valence-corrected chi connectivity index (χ4v) is 3.97. The van der Waals surface area contributed by atoms with E-state index in [4.69, 9.17) is 10.5 Å². The van der Waals surface area contributed by atoms with Crippen LogP contribution in [0.1, 0.15) is 32.5 Å². The van der Waals surface area contributed by atoms with E-state index in [9.17, 15) is 23.2 Å². The van der Waals surface area contributed by atoms with Crippen LogP contribution in [0.2, 0.25) is 0 Å². The lowest BCUT2D eigenvalue weighted by Crippen LogP contribution is -2.16. The van der Waals surface area contributed by atoms with E-state index in [0.29, 0.717) is 5.56 Å². The van der Waals surface area contributed by atoms with E-state index in [1.54, 1.807) is 6.92 Å². The van der Waals surface area contributed by atoms with Crippen molar-refractivity contribution in [3.05, 3.63) is 45.8 Å². The van der Waals surface area contributed by atoms with Crippen molar-refractivity contribution in [2.75, 3.05) is 17.7 Å². The molecule has 144 valence electrons. The van der Waals surface area contributed by atoms with Gasteiger partial charge >= 0.3 is 5.97 Å². The summed E-state index contributed by atoms with van der Waals surface area (Å²) in [5.41, 5.74) is 5.67. The van der Waals surface area contributed by atoms with Gasteiger partial charge in [-0.3, -0.25) is 9.59 Å². The third-order valence-corrected chi connectivity index (χ3v) is 5.63. The summed E-state index contributed by atoms with van der Waals surface area (Å²) in [6.45, 7) is 3.27. The molecule has 0 aliphatic heterocycles. The zero-order chi connectivity index (χ0) is 20.1. The number of hydrogen-bond acceptors (Lipinski definition) is 6. The second-order valence-corrected chi connectivity index (χ2v) is 7.29. The molecule has 0 atom stereocenters. The zero-order valence-electron chi connectivity index (χ0n) is 14.4. The van der Waals surface area contributed by atoms with Gasteiger partial charge in [-0.15, -0.1) is 23.1 Å². The number of rotatable bonds is 7. The Morgan fingerprint density at radius 1 is 1.30 bits per heavy atom. The van der Waals surface area contributed by atoms with Gasteiger partial charge in [0, 0.05) is 11.0 Å². The average molecular weight is 414 g/mol. The number of esters is 1. The first-order valence-corrected chi connectivity index (χ1v) is 9.52. The molecule has 0 saturated heterocycles. The molecule has 6 nitrogen and oxygen atoms in total. The van der Waals surface area contributed by atoms with Crippen LogP contribution in [0.4, 0.5) is 13.8 Å². The molecule has 0 bridgehead atoms. The van der Waals surface area contributed by atoms with E-state index >= 15 is 0 Å². The topological polar surface area (TPSA) is 98.5 Å². The molecule has 2 aromatic rings. The summed E-state index contributed by atoms with van der Waals surface area (Å²) in [5, 5.41) is 2.65. The van der Waals surface area contributed by atoms with Crippen LogP contribution in [-0.2, 0) is 9.53 Å². The van der Waals surface area contributed by atoms with Crippen molar-refractivity contribution < 1.29 is 27.9 Å². The summed E-state index contributed by atoms with van der Waals surface area (Å²) in [5.74, 6) is -3.63. The highest BCUT2D eigenvalue weighted by Gasteiger charge is 2.25. The molecule has 0 spiro atoms. The predicted molar refractivity (Wildman–Crippen MR) is 99.2 cm³/mol. The number of carbonyl (C=O) groups excluding carboxylic acids is 3. The first-order chi connectivity index (χ1) is 12.7. The Balaban J connectivity index is 2.17. The standard InChI is InChI=1S/C17H16F2N2O4S2/c1-3-25-17(24)13-8(2)14(15(20)23)27-16(13)21-12(22)7-26-11-5-4-9(18)6-10(11)19/h4-6H,3,7H2,1-2H3,(H2,20,23)(H,21,22). The van der Waals surface area contributed by atoms with Crippen LogP contribution in [0.5, 0.6) is 0 Å². The lowest BCUT2D eigenvalue weighted by molar-refractivity contribution is -0.113. The van der Waals surface area contributed by atoms with Crippen molar-refractivity contribution in [2.45, 2.75) is 18.7 Å². The Morgan fingerprint density at radius 2 is 2.00 bits per heavy atom. The smallest absolute Gasteiger partial charge is 0.341 e. The van der Waals surface area contributed by atoms with Crippen LogP contribution in [0.3, 0.4) is 0 Å². The molecule has 0 saturated carbocycles. The molecule has 2 amide bonds. The maximum Gasteiger partial charge on any atom is 0.341 e. The molecule has 0 fully saturated rings. The van der Waals surface area contributed by atoms with Gasteiger partial charge in [0.2, 0.25) is 5.91 Å². The van der Waals surface area contributed by atoms with E-state index in [1.807, 2.05) is 0 Å². The van der Waals surface area contributed by atoms with Crippen molar-refractivity contribution in [3.8, 4) is 0 Å². The van der Waals surface area contributed by atoms with Crippen molar-refractivity contribution in [1.82, 2.24) is 0 Å². The van der Waals surface area contributed by atoms with Crippen LogP contribution in [-0.4, -0.2) is 30.1 Å². The minimum Gasteiger partial charge on any atom is -0.462 e. The second-order valence-electron chi connectivity index (χ2n) is 5.26. The van der Waals surface area contributed by atoms with Crippen molar-refractivity contribution >= 4 is 45.9 Å². The first kappa shape index (κ1) is 20.8. The summed E-state index contributed by atoms with van der Waals surface area (Å²) >= 11 is 1.73. The van der Waals surface area contributed by atoms with Gasteiger partial charge in [0.25, 0.3) is 5.91 Å². The molecule has 27 heavy (non-hydrogen) atoms. The van der Waals surface area contributed by atoms with Gasteiger partial charge in [-0.1, -0.05) is 0 Å². The molecule has 10 heteroatoms. The highest BCUT2D eigenvalue weighted by Crippen LogP contribution is 2.34. The number of amides is 2. The average Bonchev–Trinajstić information content (AvgIpc) is 2.90. The van der Waals surface area contributed by atoms with Crippen molar-refractivity contribution in [3.63, 3.8) is 0 Å². The third-order valence-electron chi connectivity index (χ3n) is 3.36. The second kappa shape index (κ2) is 8.96. The number of nitrogens with two attached hydrogens (primary N) is 1. The fraction of sp³-hybridized carbons (Fsp3) is 0.235. The van der Waals surface area contributed by atoms with Gasteiger partial charge in [-0.25, -0.2) is 13.6 Å². The number of halogens is 2. The fourth-order valence-electron chi connectivity index (χ4n) is 2.18. The maximum absolute atomic E-state index is 13.6. The van der Waals surface area contributed by atoms with Gasteiger partial charge in [-0.2, -0.15) is 0 Å². The van der Waals surface area contributed by atoms with E-state index in [0.717, 1.165) is 35.2 Å². The Morgan fingerprint density at radius 3 is 2.59 bits per heavy atom. The van der Waals surface area contributed by atoms with E-state index < -0.39 is 29.4 Å². The minimum absolute atomic E-state index is 0.0574. The van der Waals surface area contributed by atoms with Crippen LogP contribution in [0.15, 0.2) is 23.1 Å². The van der Waals surface area contributed by atoms with Crippen LogP contribution in [0, 0.1) is 18.6 Å². The number of hydrogen-bond donors (Lipinski definition) is 2. The Bertz CT molecular complexity index is 899. The monoisotopic (exact) mass is 414 g/mol. The molecule has 3 N–H and O–H groups in total. The van der Waals surface area contributed by atoms with Gasteiger partial charge in [0.15, 0.2) is 0 Å². The molecule has 1 aromatic heterocycles. The molecule has 1 aromatic carbocycles. The van der Waals surface area contributed by atoms with Crippen LogP contribution in [0.25, 0.3) is 0 Å². The van der Waals surface area contributed by atoms with Crippen LogP contribution >= 0.6 is 23.1 Å². The third kappa shape index (κ3) is 5.04. The maximum atomic E-state index is 13.6. The first-order valence-electron chi connectivity index (χ1n) is 7.72. The number of anilines is 1. The molecule has 1 heterocycles. The molecule has 0 aliphatic rings. The number of thiophene rings is 1. The molecule has 2 rings (SSSR count). The molecule has 0 aliphatic carbocycles. The summed E-state index contributed by atoms with van der Waals surface area (Å²) < 4.78 is 31.5. The van der Waals surface area contributed by atoms with Gasteiger partial charge in [-0.05, 0) is 31.5 Å². The number of thioether (sulfide) groups is 1. The zero-order valence-corrected chi connectivity index (χ0v) is 16.1. The van der Waals surface area contributed by atoms with Crippen molar-refractivity contribution in [1.29, 1.82) is 0 Å². The molecular formula is C17H16F2N2O4S2. The molecule has 0 radical (unpaired) electrons. The predicted octanol–water partition coefficient (Wildman–Crippen LogP) is 3.34. The van der Waals surface area contributed by atoms with Gasteiger partial charge in [0.1, 0.15) is 16.6 Å². The number of ether oxygens (including phenoxy) is 1. The number of nitrogens with one attached hydrogen (secondary N) is 1. The Labute approximate surface area is 162 Å². The summed E-state index contributed by atoms with van der Waals surface area (Å²) in [7, 11) is 0. The van der Waals surface area contributed by atoms with E-state index in [2.05, 4.69) is 5.32 Å². The van der Waals surface area contributed by atoms with Gasteiger partial charge in [0.05, 0.1) is 22.8 Å². The minimum atomic E-state index is -0.775. The number of primary amides is 1. The molecular weight excluding hydrogens is 398 g/mol. The van der Waals surface area contributed by atoms with Crippen LogP contribution < -0.4 is 11.1 Å². The number of carbonyl (C=O) groups is 3. The Hall–Kier alpha value is -2.46. The normalized spacial score (nSPS) is 10.5. The summed E-state index contributed by atoms with van der Waals surface area (Å²) in [6.07, 6.45) is 0. The van der Waals surface area contributed by atoms with Crippen molar-refractivity contribution in [2.24, 2.45) is 5.73 Å². The van der Waals surface area contributed by atoms with E-state index in [1.165, 1.54) is 13.0 Å². The molecule has 0 unspecified atom stereocenters. The van der Waals surface area contributed by atoms with Gasteiger partial charge < -0.3 is 15.8 Å². The number of benzene rings is 1. The summed E-state index contributed by atoms with van der Waals surface area (Å²) in [6, 6.07) is 3.04. The highest BCUT2D eigenvalue weighted by molar-refractivity contribution is 8.00. The summed E-state index contributed by atoms with van der Waals surface area (Å²) in [4.78, 5) is 36.1. The quantitative estimate of drug-likeness (QED) is 0.535. The highest BCUT2D eigenvalue weighted by atomic mass is 32.2.